The van der Waals surface area contributed by atoms with E-state index in [1.54, 1.807) is 24.3 Å². The molecule has 0 fully saturated rings. The van der Waals surface area contributed by atoms with E-state index in [-0.39, 0.29) is 16.5 Å². The Morgan fingerprint density at radius 3 is 2.58 bits per heavy atom. The highest BCUT2D eigenvalue weighted by molar-refractivity contribution is 6.32. The molecule has 1 amide bonds. The summed E-state index contributed by atoms with van der Waals surface area (Å²) in [6.07, 6.45) is 2.53. The summed E-state index contributed by atoms with van der Waals surface area (Å²) < 4.78 is 1.37. The molecule has 1 heterocycles. The minimum Gasteiger partial charge on any atom is -0.504 e. The number of benzene rings is 2. The molecule has 4 N–H and O–H groups in total. The number of hydrazone groups is 1. The fourth-order valence-corrected chi connectivity index (χ4v) is 2.36. The molecule has 132 valence electrons. The molecule has 0 unspecified atom stereocenters. The second kappa shape index (κ2) is 7.16. The van der Waals surface area contributed by atoms with Gasteiger partial charge in [0.2, 0.25) is 0 Å². The fourth-order valence-electron chi connectivity index (χ4n) is 2.14. The minimum atomic E-state index is -0.720. The zero-order valence-corrected chi connectivity index (χ0v) is 13.9. The first-order valence-corrected chi connectivity index (χ1v) is 7.72. The molecule has 26 heavy (non-hydrogen) atoms. The first-order chi connectivity index (χ1) is 12.5. The van der Waals surface area contributed by atoms with Crippen LogP contribution in [0.2, 0.25) is 5.02 Å². The largest absolute Gasteiger partial charge is 0.504 e. The Labute approximate surface area is 152 Å². The number of halogens is 1. The minimum absolute atomic E-state index is 0.0583. The second-order valence-electron chi connectivity index (χ2n) is 5.21. The van der Waals surface area contributed by atoms with E-state index in [0.29, 0.717) is 11.3 Å². The molecule has 3 aromatic rings. The van der Waals surface area contributed by atoms with Gasteiger partial charge in [0, 0.05) is 0 Å². The van der Waals surface area contributed by atoms with Crippen molar-refractivity contribution >= 4 is 23.7 Å². The van der Waals surface area contributed by atoms with Crippen LogP contribution < -0.4 is 5.43 Å². The van der Waals surface area contributed by atoms with Gasteiger partial charge in [0.25, 0.3) is 5.91 Å². The first kappa shape index (κ1) is 17.3. The average Bonchev–Trinajstić information content (AvgIpc) is 3.02. The highest BCUT2D eigenvalue weighted by Crippen LogP contribution is 2.33. The Bertz CT molecular complexity index is 963. The van der Waals surface area contributed by atoms with Gasteiger partial charge in [0.05, 0.1) is 23.1 Å². The Morgan fingerprint density at radius 2 is 1.88 bits per heavy atom. The molecule has 0 bridgehead atoms. The maximum atomic E-state index is 12.1. The van der Waals surface area contributed by atoms with Gasteiger partial charge in [-0.2, -0.15) is 10.2 Å². The van der Waals surface area contributed by atoms with Crippen LogP contribution in [0.1, 0.15) is 16.1 Å². The summed E-state index contributed by atoms with van der Waals surface area (Å²) in [7, 11) is 0. The van der Waals surface area contributed by atoms with Crippen LogP contribution in [0.15, 0.2) is 53.8 Å². The third kappa shape index (κ3) is 3.60. The highest BCUT2D eigenvalue weighted by atomic mass is 35.5. The summed E-state index contributed by atoms with van der Waals surface area (Å²) in [5, 5.41) is 36.5. The van der Waals surface area contributed by atoms with Crippen LogP contribution >= 0.6 is 11.6 Å². The van der Waals surface area contributed by atoms with E-state index in [2.05, 4.69) is 15.6 Å². The smallest absolute Gasteiger partial charge is 0.295 e. The molecule has 0 radical (unpaired) electrons. The zero-order chi connectivity index (χ0) is 18.7. The number of hydrogen-bond donors (Lipinski definition) is 4. The van der Waals surface area contributed by atoms with Crippen molar-refractivity contribution in [1.29, 1.82) is 0 Å². The van der Waals surface area contributed by atoms with Gasteiger partial charge in [-0.05, 0) is 29.8 Å². The molecule has 9 heteroatoms. The van der Waals surface area contributed by atoms with Crippen molar-refractivity contribution in [3.05, 3.63) is 64.9 Å². The predicted molar refractivity (Wildman–Crippen MR) is 95.1 cm³/mol. The molecular weight excluding hydrogens is 360 g/mol. The van der Waals surface area contributed by atoms with Gasteiger partial charge in [-0.25, -0.2) is 10.1 Å². The van der Waals surface area contributed by atoms with Crippen LogP contribution in [-0.2, 0) is 0 Å². The number of hydrogen-bond acceptors (Lipinski definition) is 6. The Kier molecular flexibility index (Phi) is 4.76. The van der Waals surface area contributed by atoms with Gasteiger partial charge in [-0.15, -0.1) is 0 Å². The van der Waals surface area contributed by atoms with E-state index in [1.807, 2.05) is 6.07 Å². The van der Waals surface area contributed by atoms with Gasteiger partial charge in [-0.3, -0.25) is 4.79 Å². The number of aromatic hydroxyl groups is 3. The molecule has 0 aliphatic carbocycles. The van der Waals surface area contributed by atoms with Crippen LogP contribution in [-0.4, -0.2) is 37.2 Å². The molecule has 0 saturated heterocycles. The fraction of sp³-hybridized carbons (Fsp3) is 0. The first-order valence-electron chi connectivity index (χ1n) is 7.34. The predicted octanol–water partition coefficient (Wildman–Crippen LogP) is 2.41. The van der Waals surface area contributed by atoms with E-state index in [0.717, 1.165) is 0 Å². The third-order valence-corrected chi connectivity index (χ3v) is 3.66. The summed E-state index contributed by atoms with van der Waals surface area (Å²) in [6.45, 7) is 0. The molecule has 0 spiro atoms. The van der Waals surface area contributed by atoms with E-state index in [4.69, 9.17) is 11.6 Å². The number of nitrogens with one attached hydrogen (secondary N) is 1. The number of rotatable bonds is 4. The SMILES string of the molecule is O=C(N/N=C/c1cc(O)c(O)c(Cl)c1)c1nn(-c2ccccc2)cc1O. The summed E-state index contributed by atoms with van der Waals surface area (Å²) in [5.41, 5.74) is 3.05. The van der Waals surface area contributed by atoms with Crippen LogP contribution in [0.25, 0.3) is 5.69 Å². The number of phenolic OH excluding ortho intramolecular Hbond substituents is 2. The number of nitrogens with zero attached hydrogens (tertiary/aromatic N) is 3. The molecule has 0 aliphatic rings. The lowest BCUT2D eigenvalue weighted by Crippen LogP contribution is -2.18. The van der Waals surface area contributed by atoms with Gasteiger partial charge < -0.3 is 15.3 Å². The maximum absolute atomic E-state index is 12.1. The lowest BCUT2D eigenvalue weighted by atomic mass is 10.2. The number of phenols is 2. The summed E-state index contributed by atoms with van der Waals surface area (Å²) in [5.74, 6) is -1.87. The molecular formula is C17H13ClN4O4. The Hall–Kier alpha value is -3.52. The number of aromatic nitrogens is 2. The average molecular weight is 373 g/mol. The number of carbonyl (C=O) groups excluding carboxylic acids is 1. The molecule has 3 rings (SSSR count). The Balaban J connectivity index is 1.74. The summed E-state index contributed by atoms with van der Waals surface area (Å²) in [6, 6.07) is 11.6. The van der Waals surface area contributed by atoms with Crippen molar-refractivity contribution in [2.75, 3.05) is 0 Å². The highest BCUT2D eigenvalue weighted by Gasteiger charge is 2.16. The monoisotopic (exact) mass is 372 g/mol. The van der Waals surface area contributed by atoms with E-state index < -0.39 is 17.4 Å². The Morgan fingerprint density at radius 1 is 1.15 bits per heavy atom. The molecule has 0 atom stereocenters. The number of para-hydroxylation sites is 1. The summed E-state index contributed by atoms with van der Waals surface area (Å²) in [4.78, 5) is 12.1. The van der Waals surface area contributed by atoms with Gasteiger partial charge >= 0.3 is 0 Å². The van der Waals surface area contributed by atoms with Crippen molar-refractivity contribution in [3.63, 3.8) is 0 Å². The normalized spacial score (nSPS) is 11.0. The third-order valence-electron chi connectivity index (χ3n) is 3.38. The molecule has 1 aromatic heterocycles. The van der Waals surface area contributed by atoms with Crippen molar-refractivity contribution in [2.45, 2.75) is 0 Å². The van der Waals surface area contributed by atoms with Crippen LogP contribution in [0.5, 0.6) is 17.2 Å². The van der Waals surface area contributed by atoms with E-state index in [9.17, 15) is 20.1 Å². The van der Waals surface area contributed by atoms with Crippen molar-refractivity contribution in [2.24, 2.45) is 5.10 Å². The maximum Gasteiger partial charge on any atom is 0.295 e. The summed E-state index contributed by atoms with van der Waals surface area (Å²) >= 11 is 5.73. The lowest BCUT2D eigenvalue weighted by molar-refractivity contribution is 0.0947. The standard InChI is InChI=1S/C17H13ClN4O4/c18-12-6-10(7-13(23)16(12)25)8-19-20-17(26)15-14(24)9-22(21-15)11-4-2-1-3-5-11/h1-9,23-25H,(H,20,26)/b19-8+. The number of amides is 1. The molecule has 2 aromatic carbocycles. The molecule has 0 saturated carbocycles. The number of carbonyl (C=O) groups is 1. The lowest BCUT2D eigenvalue weighted by Gasteiger charge is -2.02. The second-order valence-corrected chi connectivity index (χ2v) is 5.62. The van der Waals surface area contributed by atoms with Crippen molar-refractivity contribution < 1.29 is 20.1 Å². The van der Waals surface area contributed by atoms with Crippen molar-refractivity contribution in [3.8, 4) is 22.9 Å². The van der Waals surface area contributed by atoms with Crippen molar-refractivity contribution in [1.82, 2.24) is 15.2 Å². The van der Waals surface area contributed by atoms with Crippen LogP contribution in [0, 0.1) is 0 Å². The quantitative estimate of drug-likeness (QED) is 0.318. The molecule has 8 nitrogen and oxygen atoms in total. The van der Waals surface area contributed by atoms with Gasteiger partial charge in [0.15, 0.2) is 22.9 Å². The van der Waals surface area contributed by atoms with Crippen LogP contribution in [0.4, 0.5) is 0 Å². The van der Waals surface area contributed by atoms with E-state index in [1.165, 1.54) is 29.2 Å². The van der Waals surface area contributed by atoms with E-state index >= 15 is 0 Å². The zero-order valence-electron chi connectivity index (χ0n) is 13.2. The topological polar surface area (TPSA) is 120 Å². The van der Waals surface area contributed by atoms with Gasteiger partial charge in [0.1, 0.15) is 0 Å². The molecule has 0 aliphatic heterocycles. The van der Waals surface area contributed by atoms with Gasteiger partial charge in [-0.1, -0.05) is 29.8 Å². The van der Waals surface area contributed by atoms with Crippen LogP contribution in [0.3, 0.4) is 0 Å².